The first-order valence-corrected chi connectivity index (χ1v) is 9.45. The molecule has 2 fully saturated rings. The second-order valence-electron chi connectivity index (χ2n) is 8.07. The molecule has 0 spiro atoms. The van der Waals surface area contributed by atoms with Gasteiger partial charge in [0, 0.05) is 5.41 Å². The van der Waals surface area contributed by atoms with Gasteiger partial charge in [-0.1, -0.05) is 18.9 Å². The van der Waals surface area contributed by atoms with Gasteiger partial charge in [-0.25, -0.2) is 0 Å². The van der Waals surface area contributed by atoms with Crippen LogP contribution < -0.4 is 4.74 Å². The summed E-state index contributed by atoms with van der Waals surface area (Å²) in [5, 5.41) is 11.1. The monoisotopic (exact) mass is 324 g/mol. The number of fused-ring (bicyclic) bond motifs is 5. The number of terminal acetylenes is 1. The fourth-order valence-electron chi connectivity index (χ4n) is 6.47. The average molecular weight is 324 g/mol. The number of ether oxygens (including phenoxy) is 1. The van der Waals surface area contributed by atoms with Crippen molar-refractivity contribution in [3.8, 4) is 18.1 Å². The fourth-order valence-corrected chi connectivity index (χ4v) is 6.47. The maximum Gasteiger partial charge on any atom is 0.131 e. The van der Waals surface area contributed by atoms with Crippen molar-refractivity contribution in [2.45, 2.75) is 63.4 Å². The van der Waals surface area contributed by atoms with Crippen LogP contribution >= 0.6 is 0 Å². The van der Waals surface area contributed by atoms with Gasteiger partial charge in [-0.2, -0.15) is 0 Å². The lowest BCUT2D eigenvalue weighted by Crippen LogP contribution is -2.51. The summed E-state index contributed by atoms with van der Waals surface area (Å²) in [7, 11) is 1.74. The molecule has 0 heterocycles. The summed E-state index contributed by atoms with van der Waals surface area (Å²) in [6.07, 6.45) is 13.2. The molecule has 0 unspecified atom stereocenters. The summed E-state index contributed by atoms with van der Waals surface area (Å²) in [6.45, 7) is 2.22. The van der Waals surface area contributed by atoms with Gasteiger partial charge in [0.15, 0.2) is 0 Å². The number of methoxy groups -OCH3 is 1. The number of hydrogen-bond acceptors (Lipinski definition) is 2. The van der Waals surface area contributed by atoms with E-state index in [2.05, 4.69) is 31.0 Å². The molecular formula is C22H28O2. The van der Waals surface area contributed by atoms with Crippen molar-refractivity contribution in [3.05, 3.63) is 29.3 Å². The third kappa shape index (κ3) is 1.94. The van der Waals surface area contributed by atoms with E-state index in [0.717, 1.165) is 44.3 Å². The average Bonchev–Trinajstić information content (AvgIpc) is 2.94. The van der Waals surface area contributed by atoms with E-state index in [1.807, 2.05) is 0 Å². The Bertz CT molecular complexity index is 688. The maximum absolute atomic E-state index is 11.1. The molecule has 3 aliphatic carbocycles. The Morgan fingerprint density at radius 3 is 2.83 bits per heavy atom. The van der Waals surface area contributed by atoms with Crippen molar-refractivity contribution >= 4 is 0 Å². The Hall–Kier alpha value is -1.46. The smallest absolute Gasteiger partial charge is 0.131 e. The summed E-state index contributed by atoms with van der Waals surface area (Å²) in [5.41, 5.74) is 2.03. The van der Waals surface area contributed by atoms with Crippen LogP contribution in [-0.4, -0.2) is 17.8 Å². The maximum atomic E-state index is 11.1. The normalized spacial score (nSPS) is 40.2. The van der Waals surface area contributed by atoms with Gasteiger partial charge in [-0.3, -0.25) is 0 Å². The summed E-state index contributed by atoms with van der Waals surface area (Å²) in [6, 6.07) is 6.61. The lowest BCUT2D eigenvalue weighted by Gasteiger charge is -2.53. The third-order valence-electron chi connectivity index (χ3n) is 7.65. The van der Waals surface area contributed by atoms with Crippen LogP contribution in [0, 0.1) is 29.6 Å². The molecular weight excluding hydrogens is 296 g/mol. The largest absolute Gasteiger partial charge is 0.497 e. The van der Waals surface area contributed by atoms with E-state index in [-0.39, 0.29) is 5.41 Å². The molecule has 1 aromatic carbocycles. The number of aliphatic hydroxyl groups is 1. The van der Waals surface area contributed by atoms with Crippen molar-refractivity contribution < 1.29 is 9.84 Å². The first kappa shape index (κ1) is 16.0. The predicted octanol–water partition coefficient (Wildman–Crippen LogP) is 4.31. The van der Waals surface area contributed by atoms with Crippen LogP contribution in [0.25, 0.3) is 0 Å². The van der Waals surface area contributed by atoms with E-state index < -0.39 is 5.60 Å². The molecule has 0 bridgehead atoms. The summed E-state index contributed by atoms with van der Waals surface area (Å²) in [5.74, 6) is 5.63. The number of rotatable bonds is 2. The highest BCUT2D eigenvalue weighted by atomic mass is 16.5. The van der Waals surface area contributed by atoms with Crippen LogP contribution in [0.2, 0.25) is 0 Å². The number of aryl methyl sites for hydroxylation is 1. The van der Waals surface area contributed by atoms with Crippen LogP contribution in [0.3, 0.4) is 0 Å². The summed E-state index contributed by atoms with van der Waals surface area (Å²) < 4.78 is 5.41. The Morgan fingerprint density at radius 1 is 1.29 bits per heavy atom. The van der Waals surface area contributed by atoms with Gasteiger partial charge < -0.3 is 9.84 Å². The van der Waals surface area contributed by atoms with E-state index in [0.29, 0.717) is 17.8 Å². The van der Waals surface area contributed by atoms with E-state index in [9.17, 15) is 5.11 Å². The number of hydrogen-bond donors (Lipinski definition) is 1. The van der Waals surface area contributed by atoms with Crippen LogP contribution in [0.1, 0.15) is 62.5 Å². The Morgan fingerprint density at radius 2 is 2.12 bits per heavy atom. The molecule has 0 aromatic heterocycles. The van der Waals surface area contributed by atoms with Gasteiger partial charge in [-0.05, 0) is 86.0 Å². The lowest BCUT2D eigenvalue weighted by atomic mass is 9.52. The Labute approximate surface area is 145 Å². The van der Waals surface area contributed by atoms with Crippen molar-refractivity contribution in [1.82, 2.24) is 0 Å². The molecule has 0 aliphatic heterocycles. The molecule has 24 heavy (non-hydrogen) atoms. The minimum Gasteiger partial charge on any atom is -0.497 e. The van der Waals surface area contributed by atoms with Crippen molar-refractivity contribution in [2.75, 3.05) is 7.11 Å². The highest BCUT2D eigenvalue weighted by molar-refractivity contribution is 5.41. The van der Waals surface area contributed by atoms with Crippen molar-refractivity contribution in [3.63, 3.8) is 0 Å². The fraction of sp³-hybridized carbons (Fsp3) is 0.636. The minimum atomic E-state index is -0.891. The van der Waals surface area contributed by atoms with Crippen molar-refractivity contribution in [2.24, 2.45) is 17.3 Å². The first-order chi connectivity index (χ1) is 11.6. The van der Waals surface area contributed by atoms with Crippen LogP contribution in [-0.2, 0) is 6.42 Å². The van der Waals surface area contributed by atoms with E-state index >= 15 is 0 Å². The second kappa shape index (κ2) is 5.53. The lowest BCUT2D eigenvalue weighted by molar-refractivity contribution is -0.0799. The van der Waals surface area contributed by atoms with Crippen LogP contribution in [0.5, 0.6) is 5.75 Å². The molecule has 3 aliphatic rings. The zero-order valence-electron chi connectivity index (χ0n) is 14.8. The van der Waals surface area contributed by atoms with Gasteiger partial charge in [-0.15, -0.1) is 6.42 Å². The molecule has 0 radical (unpaired) electrons. The molecule has 0 saturated heterocycles. The standard InChI is InChI=1S/C22H28O2/c1-4-21-12-10-18-17-9-7-16(24-3)14-15(17)6-8-19(18)20(21)11-13-22(21,23)5-2/h2,7,9,14,18-20,23H,4,6,8,10-13H2,1,3H3/t18-,19-,20+,21+,22+/m0/s1. The zero-order valence-corrected chi connectivity index (χ0v) is 14.8. The molecule has 2 nitrogen and oxygen atoms in total. The van der Waals surface area contributed by atoms with Crippen LogP contribution in [0.15, 0.2) is 18.2 Å². The highest BCUT2D eigenvalue weighted by Crippen LogP contribution is 2.65. The van der Waals surface area contributed by atoms with Gasteiger partial charge >= 0.3 is 0 Å². The Kier molecular flexibility index (Phi) is 3.69. The summed E-state index contributed by atoms with van der Waals surface area (Å²) >= 11 is 0. The molecule has 1 N–H and O–H groups in total. The van der Waals surface area contributed by atoms with E-state index in [4.69, 9.17) is 11.2 Å². The molecule has 4 rings (SSSR count). The highest BCUT2D eigenvalue weighted by Gasteiger charge is 2.62. The molecule has 2 heteroatoms. The second-order valence-corrected chi connectivity index (χ2v) is 8.07. The topological polar surface area (TPSA) is 29.5 Å². The van der Waals surface area contributed by atoms with Gasteiger partial charge in [0.1, 0.15) is 11.4 Å². The zero-order chi connectivity index (χ0) is 16.9. The molecule has 1 aromatic rings. The molecule has 0 amide bonds. The van der Waals surface area contributed by atoms with Gasteiger partial charge in [0.25, 0.3) is 0 Å². The summed E-state index contributed by atoms with van der Waals surface area (Å²) in [4.78, 5) is 0. The quantitative estimate of drug-likeness (QED) is 0.822. The molecule has 128 valence electrons. The third-order valence-corrected chi connectivity index (χ3v) is 7.65. The number of benzene rings is 1. The Balaban J connectivity index is 1.71. The molecule has 2 saturated carbocycles. The SMILES string of the molecule is C#C[C@@]1(O)CC[C@@H]2[C@H]3CCc4cc(OC)ccc4[C@@H]3CC[C@]21CC. The van der Waals surface area contributed by atoms with Crippen molar-refractivity contribution in [1.29, 1.82) is 0 Å². The van der Waals surface area contributed by atoms with Gasteiger partial charge in [0.05, 0.1) is 7.11 Å². The van der Waals surface area contributed by atoms with Gasteiger partial charge in [0.2, 0.25) is 0 Å². The minimum absolute atomic E-state index is 0.0626. The van der Waals surface area contributed by atoms with E-state index in [1.165, 1.54) is 17.5 Å². The molecule has 5 atom stereocenters. The van der Waals surface area contributed by atoms with Crippen LogP contribution in [0.4, 0.5) is 0 Å². The van der Waals surface area contributed by atoms with E-state index in [1.54, 1.807) is 7.11 Å². The predicted molar refractivity (Wildman–Crippen MR) is 96.0 cm³/mol. The first-order valence-electron chi connectivity index (χ1n) is 9.45.